The number of fused-ring (bicyclic) bond motifs is 1. The summed E-state index contributed by atoms with van der Waals surface area (Å²) in [4.78, 5) is 21.5. The van der Waals surface area contributed by atoms with Crippen molar-refractivity contribution in [1.29, 1.82) is 0 Å². The molecule has 1 amide bonds. The number of thiophene rings is 1. The third-order valence-electron chi connectivity index (χ3n) is 5.57. The van der Waals surface area contributed by atoms with E-state index in [1.165, 1.54) is 0 Å². The summed E-state index contributed by atoms with van der Waals surface area (Å²) in [6.45, 7) is 2.65. The Labute approximate surface area is 187 Å². The zero-order valence-electron chi connectivity index (χ0n) is 16.4. The van der Waals surface area contributed by atoms with Crippen molar-refractivity contribution in [2.75, 3.05) is 6.54 Å². The number of benzene rings is 1. The number of nitrogens with one attached hydrogen (secondary N) is 1. The van der Waals surface area contributed by atoms with E-state index in [0.717, 1.165) is 45.9 Å². The van der Waals surface area contributed by atoms with E-state index in [-0.39, 0.29) is 11.9 Å². The molecule has 1 N–H and O–H groups in total. The van der Waals surface area contributed by atoms with Crippen LogP contribution in [0, 0.1) is 4.77 Å². The maximum absolute atomic E-state index is 13.7. The van der Waals surface area contributed by atoms with Crippen LogP contribution in [0.1, 0.15) is 43.3 Å². The molecule has 1 aliphatic heterocycles. The highest BCUT2D eigenvalue weighted by Gasteiger charge is 2.34. The number of amides is 1. The summed E-state index contributed by atoms with van der Waals surface area (Å²) in [6.07, 6.45) is 3.05. The number of nitrogens with zero attached hydrogens (tertiary/aromatic N) is 4. The maximum atomic E-state index is 13.7. The molecule has 4 heterocycles. The van der Waals surface area contributed by atoms with Gasteiger partial charge in [-0.15, -0.1) is 22.7 Å². The monoisotopic (exact) mass is 455 g/mol. The fourth-order valence-electron chi connectivity index (χ4n) is 4.08. The van der Waals surface area contributed by atoms with Crippen molar-refractivity contribution in [3.63, 3.8) is 0 Å². The second-order valence-electron chi connectivity index (χ2n) is 7.44. The lowest BCUT2D eigenvalue weighted by atomic mass is 10.0. The van der Waals surface area contributed by atoms with Gasteiger partial charge in [0.05, 0.1) is 21.1 Å². The lowest BCUT2D eigenvalue weighted by Gasteiger charge is -2.36. The van der Waals surface area contributed by atoms with E-state index < -0.39 is 6.04 Å². The molecule has 0 radical (unpaired) electrons. The molecule has 2 atom stereocenters. The zero-order valence-corrected chi connectivity index (χ0v) is 18.9. The topological polar surface area (TPSA) is 66.8 Å². The summed E-state index contributed by atoms with van der Waals surface area (Å²) in [6, 6.07) is 11.7. The van der Waals surface area contributed by atoms with Gasteiger partial charge < -0.3 is 4.90 Å². The molecule has 3 aromatic heterocycles. The van der Waals surface area contributed by atoms with Gasteiger partial charge in [-0.3, -0.25) is 14.5 Å². The lowest BCUT2D eigenvalue weighted by molar-refractivity contribution is -0.138. The number of thiazole rings is 1. The third kappa shape index (κ3) is 3.40. The number of piperidine rings is 1. The lowest BCUT2D eigenvalue weighted by Crippen LogP contribution is -2.42. The summed E-state index contributed by atoms with van der Waals surface area (Å²) >= 11 is 8.75. The van der Waals surface area contributed by atoms with E-state index in [0.29, 0.717) is 10.6 Å². The van der Waals surface area contributed by atoms with Gasteiger partial charge in [-0.2, -0.15) is 5.10 Å². The molecule has 5 rings (SSSR count). The van der Waals surface area contributed by atoms with Crippen LogP contribution < -0.4 is 0 Å². The van der Waals surface area contributed by atoms with Gasteiger partial charge >= 0.3 is 0 Å². The Balaban J connectivity index is 1.48. The summed E-state index contributed by atoms with van der Waals surface area (Å²) < 4.78 is 3.47. The van der Waals surface area contributed by atoms with Crippen molar-refractivity contribution in [2.45, 2.75) is 38.3 Å². The highest BCUT2D eigenvalue weighted by Crippen LogP contribution is 2.37. The van der Waals surface area contributed by atoms with Crippen LogP contribution in [-0.4, -0.2) is 37.1 Å². The Morgan fingerprint density at radius 1 is 1.27 bits per heavy atom. The molecule has 0 spiro atoms. The van der Waals surface area contributed by atoms with Gasteiger partial charge in [0.1, 0.15) is 11.0 Å². The standard InChI is InChI=1S/C21H21N5OS3/c1-13(26-18(23-24-21(26)28)17-10-6-12-29-17)20(27)25-11-5-4-8-15(25)19-22-14-7-2-3-9-16(14)30-19/h2-3,6-7,9-10,12-13,15H,4-5,8,11H2,1H3,(H,24,28). The number of hydrogen-bond acceptors (Lipinski definition) is 6. The predicted octanol–water partition coefficient (Wildman–Crippen LogP) is 5.59. The number of aromatic amines is 1. The number of hydrogen-bond donors (Lipinski definition) is 1. The molecule has 0 aliphatic carbocycles. The van der Waals surface area contributed by atoms with E-state index in [1.807, 2.05) is 52.1 Å². The second kappa shape index (κ2) is 8.05. The molecule has 2 unspecified atom stereocenters. The number of carbonyl (C=O) groups is 1. The van der Waals surface area contributed by atoms with Gasteiger partial charge in [0.15, 0.2) is 10.6 Å². The van der Waals surface area contributed by atoms with Crippen molar-refractivity contribution in [3.8, 4) is 10.7 Å². The molecule has 9 heteroatoms. The maximum Gasteiger partial charge on any atom is 0.246 e. The minimum atomic E-state index is -0.441. The highest BCUT2D eigenvalue weighted by atomic mass is 32.1. The molecule has 0 saturated carbocycles. The molecular formula is C21H21N5OS3. The average Bonchev–Trinajstić information content (AvgIpc) is 3.51. The van der Waals surface area contributed by atoms with Gasteiger partial charge in [0, 0.05) is 6.54 Å². The zero-order chi connectivity index (χ0) is 20.7. The Morgan fingerprint density at radius 3 is 2.93 bits per heavy atom. The number of aromatic nitrogens is 4. The van der Waals surface area contributed by atoms with Crippen LogP contribution in [0.25, 0.3) is 20.9 Å². The normalized spacial score (nSPS) is 18.0. The molecule has 1 aliphatic rings. The van der Waals surface area contributed by atoms with Crippen LogP contribution in [0.3, 0.4) is 0 Å². The molecule has 4 aromatic rings. The minimum Gasteiger partial charge on any atom is -0.331 e. The fraction of sp³-hybridized carbons (Fsp3) is 0.333. The van der Waals surface area contributed by atoms with Crippen LogP contribution in [0.4, 0.5) is 0 Å². The van der Waals surface area contributed by atoms with Crippen LogP contribution in [0.5, 0.6) is 0 Å². The van der Waals surface area contributed by atoms with Crippen molar-refractivity contribution in [2.24, 2.45) is 0 Å². The van der Waals surface area contributed by atoms with Crippen molar-refractivity contribution < 1.29 is 4.79 Å². The Morgan fingerprint density at radius 2 is 2.13 bits per heavy atom. The smallest absolute Gasteiger partial charge is 0.246 e. The first kappa shape index (κ1) is 19.6. The van der Waals surface area contributed by atoms with Crippen LogP contribution >= 0.6 is 34.9 Å². The molecule has 1 fully saturated rings. The number of para-hydroxylation sites is 1. The molecule has 154 valence electrons. The van der Waals surface area contributed by atoms with E-state index in [4.69, 9.17) is 17.2 Å². The van der Waals surface area contributed by atoms with Gasteiger partial charge in [-0.1, -0.05) is 18.2 Å². The van der Waals surface area contributed by atoms with Crippen molar-refractivity contribution in [1.82, 2.24) is 24.6 Å². The molecule has 1 saturated heterocycles. The van der Waals surface area contributed by atoms with E-state index in [2.05, 4.69) is 16.3 Å². The van der Waals surface area contributed by atoms with Crippen molar-refractivity contribution in [3.05, 3.63) is 51.6 Å². The average molecular weight is 456 g/mol. The largest absolute Gasteiger partial charge is 0.331 e. The number of H-pyrrole nitrogens is 1. The number of carbonyl (C=O) groups excluding carboxylic acids is 1. The minimum absolute atomic E-state index is 0.0114. The Bertz CT molecular complexity index is 1210. The predicted molar refractivity (Wildman–Crippen MR) is 123 cm³/mol. The molecule has 1 aromatic carbocycles. The molecule has 6 nitrogen and oxygen atoms in total. The van der Waals surface area contributed by atoms with Gasteiger partial charge in [-0.25, -0.2) is 4.98 Å². The third-order valence-corrected chi connectivity index (χ3v) is 7.86. The van der Waals surface area contributed by atoms with Gasteiger partial charge in [0.25, 0.3) is 0 Å². The number of rotatable bonds is 4. The summed E-state index contributed by atoms with van der Waals surface area (Å²) in [5.74, 6) is 0.777. The first-order valence-electron chi connectivity index (χ1n) is 10.00. The van der Waals surface area contributed by atoms with E-state index in [1.54, 1.807) is 22.7 Å². The molecule has 30 heavy (non-hydrogen) atoms. The summed E-state index contributed by atoms with van der Waals surface area (Å²) in [5.41, 5.74) is 1.00. The summed E-state index contributed by atoms with van der Waals surface area (Å²) in [5, 5.41) is 10.3. The van der Waals surface area contributed by atoms with E-state index >= 15 is 0 Å². The van der Waals surface area contributed by atoms with E-state index in [9.17, 15) is 4.79 Å². The van der Waals surface area contributed by atoms with Gasteiger partial charge in [0.2, 0.25) is 5.91 Å². The quantitative estimate of drug-likeness (QED) is 0.407. The first-order valence-corrected chi connectivity index (χ1v) is 12.1. The van der Waals surface area contributed by atoms with Gasteiger partial charge in [-0.05, 0) is 62.0 Å². The molecule has 0 bridgehead atoms. The number of likely N-dealkylation sites (tertiary alicyclic amines) is 1. The fourth-order valence-corrected chi connectivity index (χ4v) is 6.19. The Hall–Kier alpha value is -2.36. The highest BCUT2D eigenvalue weighted by molar-refractivity contribution is 7.71. The SMILES string of the molecule is CC(C(=O)N1CCCCC1c1nc2ccccc2s1)n1c(-c2cccs2)n[nH]c1=S. The van der Waals surface area contributed by atoms with Crippen LogP contribution in [0.2, 0.25) is 0 Å². The molecular weight excluding hydrogens is 434 g/mol. The first-order chi connectivity index (χ1) is 14.6. The summed E-state index contributed by atoms with van der Waals surface area (Å²) in [7, 11) is 0. The van der Waals surface area contributed by atoms with Crippen LogP contribution in [0.15, 0.2) is 41.8 Å². The second-order valence-corrected chi connectivity index (χ2v) is 9.84. The Kier molecular flexibility index (Phi) is 5.26. The van der Waals surface area contributed by atoms with Crippen LogP contribution in [-0.2, 0) is 4.79 Å². The van der Waals surface area contributed by atoms with Crippen molar-refractivity contribution >= 4 is 51.0 Å².